The number of halogens is 2. The van der Waals surface area contributed by atoms with Crippen molar-refractivity contribution in [2.45, 2.75) is 19.9 Å². The van der Waals surface area contributed by atoms with Gasteiger partial charge in [-0.2, -0.15) is 0 Å². The Labute approximate surface area is 124 Å². The quantitative estimate of drug-likeness (QED) is 0.778. The largest absolute Gasteiger partial charge is 0.367 e. The molecule has 0 aliphatic rings. The molecule has 4 heteroatoms. The molecule has 0 fully saturated rings. The molecule has 1 N–H and O–H groups in total. The van der Waals surface area contributed by atoms with E-state index in [4.69, 9.17) is 0 Å². The Balaban J connectivity index is 2.37. The predicted molar refractivity (Wildman–Crippen MR) is 85.5 cm³/mol. The van der Waals surface area contributed by atoms with Crippen LogP contribution in [0.15, 0.2) is 34.9 Å². The molecule has 0 saturated heterocycles. The molecule has 0 saturated carbocycles. The number of aromatic nitrogens is 1. The number of hydrogen-bond donors (Lipinski definition) is 1. The van der Waals surface area contributed by atoms with Crippen LogP contribution >= 0.6 is 31.9 Å². The van der Waals surface area contributed by atoms with Gasteiger partial charge in [-0.25, -0.2) is 4.98 Å². The highest BCUT2D eigenvalue weighted by Gasteiger charge is 2.13. The minimum Gasteiger partial charge on any atom is -0.367 e. The van der Waals surface area contributed by atoms with E-state index < -0.39 is 0 Å². The molecule has 18 heavy (non-hydrogen) atoms. The molecule has 1 aromatic carbocycles. The Morgan fingerprint density at radius 1 is 1.22 bits per heavy atom. The monoisotopic (exact) mass is 370 g/mol. The van der Waals surface area contributed by atoms with Crippen LogP contribution in [0.25, 0.3) is 10.8 Å². The number of fused-ring (bicyclic) bond motifs is 1. The Kier molecular flexibility index (Phi) is 4.62. The van der Waals surface area contributed by atoms with Crippen molar-refractivity contribution in [2.75, 3.05) is 10.6 Å². The number of hydrogen-bond acceptors (Lipinski definition) is 2. The first-order valence-electron chi connectivity index (χ1n) is 5.99. The van der Waals surface area contributed by atoms with E-state index in [-0.39, 0.29) is 0 Å². The fourth-order valence-electron chi connectivity index (χ4n) is 1.78. The topological polar surface area (TPSA) is 24.9 Å². The molecule has 0 amide bonds. The predicted octanol–water partition coefficient (Wildman–Crippen LogP) is 4.83. The van der Waals surface area contributed by atoms with Gasteiger partial charge in [0.05, 0.1) is 0 Å². The maximum Gasteiger partial charge on any atom is 0.134 e. The molecule has 96 valence electrons. The molecular weight excluding hydrogens is 356 g/mol. The van der Waals surface area contributed by atoms with Crippen molar-refractivity contribution in [3.63, 3.8) is 0 Å². The SMILES string of the molecule is CC(CBr)C(C)Nc1nccc2c(Br)cccc12. The first-order chi connectivity index (χ1) is 8.63. The van der Waals surface area contributed by atoms with E-state index in [1.54, 1.807) is 0 Å². The second kappa shape index (κ2) is 6.02. The highest BCUT2D eigenvalue weighted by molar-refractivity contribution is 9.10. The van der Waals surface area contributed by atoms with Crippen LogP contribution in [0.5, 0.6) is 0 Å². The Hall–Kier alpha value is -0.610. The third-order valence-electron chi connectivity index (χ3n) is 3.21. The molecule has 2 rings (SSSR count). The molecular formula is C14H16Br2N2. The van der Waals surface area contributed by atoms with Crippen molar-refractivity contribution in [1.82, 2.24) is 4.98 Å². The average molecular weight is 372 g/mol. The molecule has 1 aromatic heterocycles. The third kappa shape index (κ3) is 2.86. The van der Waals surface area contributed by atoms with Gasteiger partial charge in [0.25, 0.3) is 0 Å². The summed E-state index contributed by atoms with van der Waals surface area (Å²) in [6, 6.07) is 8.60. The fraction of sp³-hybridized carbons (Fsp3) is 0.357. The summed E-state index contributed by atoms with van der Waals surface area (Å²) in [5.41, 5.74) is 0. The number of pyridine rings is 1. The lowest BCUT2D eigenvalue weighted by Crippen LogP contribution is -2.25. The lowest BCUT2D eigenvalue weighted by molar-refractivity contribution is 0.571. The van der Waals surface area contributed by atoms with Gasteiger partial charge < -0.3 is 5.32 Å². The summed E-state index contributed by atoms with van der Waals surface area (Å²) in [6.07, 6.45) is 1.85. The van der Waals surface area contributed by atoms with Gasteiger partial charge in [0.2, 0.25) is 0 Å². The second-order valence-corrected chi connectivity index (χ2v) is 6.06. The van der Waals surface area contributed by atoms with Gasteiger partial charge >= 0.3 is 0 Å². The van der Waals surface area contributed by atoms with Gasteiger partial charge in [0.1, 0.15) is 5.82 Å². The van der Waals surface area contributed by atoms with Crippen molar-refractivity contribution >= 4 is 48.5 Å². The Bertz CT molecular complexity index is 542. The normalized spacial score (nSPS) is 14.4. The van der Waals surface area contributed by atoms with E-state index in [0.29, 0.717) is 12.0 Å². The Morgan fingerprint density at radius 2 is 2.00 bits per heavy atom. The zero-order chi connectivity index (χ0) is 13.1. The molecule has 2 aromatic rings. The van der Waals surface area contributed by atoms with Gasteiger partial charge in [0, 0.05) is 32.8 Å². The van der Waals surface area contributed by atoms with Crippen LogP contribution in [-0.2, 0) is 0 Å². The van der Waals surface area contributed by atoms with Gasteiger partial charge in [-0.05, 0) is 25.0 Å². The molecule has 2 nitrogen and oxygen atoms in total. The summed E-state index contributed by atoms with van der Waals surface area (Å²) in [5.74, 6) is 1.50. The summed E-state index contributed by atoms with van der Waals surface area (Å²) in [5, 5.41) is 6.82. The molecule has 2 atom stereocenters. The van der Waals surface area contributed by atoms with Crippen molar-refractivity contribution < 1.29 is 0 Å². The van der Waals surface area contributed by atoms with Crippen LogP contribution < -0.4 is 5.32 Å². The molecule has 0 radical (unpaired) electrons. The van der Waals surface area contributed by atoms with E-state index in [0.717, 1.165) is 21.0 Å². The van der Waals surface area contributed by atoms with Crippen LogP contribution in [0.1, 0.15) is 13.8 Å². The summed E-state index contributed by atoms with van der Waals surface area (Å²) >= 11 is 7.10. The van der Waals surface area contributed by atoms with Crippen LogP contribution in [0.3, 0.4) is 0 Å². The van der Waals surface area contributed by atoms with E-state index >= 15 is 0 Å². The van der Waals surface area contributed by atoms with Crippen molar-refractivity contribution in [1.29, 1.82) is 0 Å². The van der Waals surface area contributed by atoms with Gasteiger partial charge in [-0.1, -0.05) is 50.9 Å². The first kappa shape index (κ1) is 13.8. The lowest BCUT2D eigenvalue weighted by Gasteiger charge is -2.20. The number of nitrogens with one attached hydrogen (secondary N) is 1. The summed E-state index contributed by atoms with van der Waals surface area (Å²) < 4.78 is 1.10. The minimum atomic E-state index is 0.376. The molecule has 2 unspecified atom stereocenters. The number of rotatable bonds is 4. The standard InChI is InChI=1S/C14H16Br2N2/c1-9(8-15)10(2)18-14-12-4-3-5-13(16)11(12)6-7-17-14/h3-7,9-10H,8H2,1-2H3,(H,17,18). The molecule has 0 spiro atoms. The number of benzene rings is 1. The first-order valence-corrected chi connectivity index (χ1v) is 7.90. The van der Waals surface area contributed by atoms with E-state index in [9.17, 15) is 0 Å². The van der Waals surface area contributed by atoms with Gasteiger partial charge in [-0.15, -0.1) is 0 Å². The van der Waals surface area contributed by atoms with Crippen molar-refractivity contribution in [3.05, 3.63) is 34.9 Å². The Morgan fingerprint density at radius 3 is 2.72 bits per heavy atom. The van der Waals surface area contributed by atoms with E-state index in [1.165, 1.54) is 5.39 Å². The summed E-state index contributed by atoms with van der Waals surface area (Å²) in [6.45, 7) is 4.40. The number of anilines is 1. The molecule has 1 heterocycles. The highest BCUT2D eigenvalue weighted by atomic mass is 79.9. The fourth-order valence-corrected chi connectivity index (χ4v) is 2.83. The van der Waals surface area contributed by atoms with Crippen molar-refractivity contribution in [3.8, 4) is 0 Å². The van der Waals surface area contributed by atoms with Gasteiger partial charge in [0.15, 0.2) is 0 Å². The zero-order valence-electron chi connectivity index (χ0n) is 10.5. The zero-order valence-corrected chi connectivity index (χ0v) is 13.6. The van der Waals surface area contributed by atoms with Crippen LogP contribution in [0, 0.1) is 5.92 Å². The maximum absolute atomic E-state index is 4.46. The second-order valence-electron chi connectivity index (χ2n) is 4.56. The minimum absolute atomic E-state index is 0.376. The highest BCUT2D eigenvalue weighted by Crippen LogP contribution is 2.28. The van der Waals surface area contributed by atoms with Crippen molar-refractivity contribution in [2.24, 2.45) is 5.92 Å². The van der Waals surface area contributed by atoms with Crippen LogP contribution in [0.4, 0.5) is 5.82 Å². The number of alkyl halides is 1. The third-order valence-corrected chi connectivity index (χ3v) is 4.93. The lowest BCUT2D eigenvalue weighted by atomic mass is 10.1. The molecule has 0 bridgehead atoms. The smallest absolute Gasteiger partial charge is 0.134 e. The van der Waals surface area contributed by atoms with Gasteiger partial charge in [-0.3, -0.25) is 0 Å². The summed E-state index contributed by atoms with van der Waals surface area (Å²) in [4.78, 5) is 4.46. The van der Waals surface area contributed by atoms with E-state index in [2.05, 4.69) is 68.1 Å². The van der Waals surface area contributed by atoms with Crippen LogP contribution in [0.2, 0.25) is 0 Å². The average Bonchev–Trinajstić information content (AvgIpc) is 2.39. The summed E-state index contributed by atoms with van der Waals surface area (Å²) in [7, 11) is 0. The van der Waals surface area contributed by atoms with E-state index in [1.807, 2.05) is 18.3 Å². The number of nitrogens with zero attached hydrogens (tertiary/aromatic N) is 1. The molecule has 0 aliphatic heterocycles. The molecule has 0 aliphatic carbocycles. The van der Waals surface area contributed by atoms with Crippen LogP contribution in [-0.4, -0.2) is 16.4 Å². The maximum atomic E-state index is 4.46.